The van der Waals surface area contributed by atoms with Crippen molar-refractivity contribution in [2.45, 2.75) is 38.8 Å². The highest BCUT2D eigenvalue weighted by molar-refractivity contribution is 5.14. The summed E-state index contributed by atoms with van der Waals surface area (Å²) in [5, 5.41) is 0. The number of pyridine rings is 1. The smallest absolute Gasteiger partial charge is 0.0320 e. The van der Waals surface area contributed by atoms with Gasteiger partial charge in [-0.1, -0.05) is 0 Å². The fraction of sp³-hybridized carbons (Fsp3) is 0.643. The van der Waals surface area contributed by atoms with Crippen LogP contribution in [0.5, 0.6) is 0 Å². The van der Waals surface area contributed by atoms with E-state index in [2.05, 4.69) is 35.9 Å². The van der Waals surface area contributed by atoms with Crippen molar-refractivity contribution in [3.8, 4) is 0 Å². The maximum Gasteiger partial charge on any atom is 0.0320 e. The van der Waals surface area contributed by atoms with E-state index in [0.717, 1.165) is 13.1 Å². The maximum atomic E-state index is 5.97. The van der Waals surface area contributed by atoms with Gasteiger partial charge in [-0.25, -0.2) is 0 Å². The minimum absolute atomic E-state index is 0.341. The molecule has 1 aliphatic rings. The third-order valence-electron chi connectivity index (χ3n) is 4.05. The highest BCUT2D eigenvalue weighted by Gasteiger charge is 2.25. The summed E-state index contributed by atoms with van der Waals surface area (Å²) in [5.74, 6) is 0.705. The summed E-state index contributed by atoms with van der Waals surface area (Å²) in [6.07, 6.45) is 6.21. The lowest BCUT2D eigenvalue weighted by Gasteiger charge is -2.37. The maximum absolute atomic E-state index is 5.97. The first-order valence-electron chi connectivity index (χ1n) is 6.58. The van der Waals surface area contributed by atoms with E-state index in [1.165, 1.54) is 18.4 Å². The molecule has 0 bridgehead atoms. The van der Waals surface area contributed by atoms with E-state index in [4.69, 9.17) is 5.73 Å². The van der Waals surface area contributed by atoms with Gasteiger partial charge < -0.3 is 5.73 Å². The van der Waals surface area contributed by atoms with E-state index in [1.54, 1.807) is 0 Å². The fourth-order valence-electron chi connectivity index (χ4n) is 2.69. The van der Waals surface area contributed by atoms with Crippen LogP contribution in [0.15, 0.2) is 24.5 Å². The van der Waals surface area contributed by atoms with Crippen molar-refractivity contribution in [3.05, 3.63) is 30.1 Å². The molecule has 0 radical (unpaired) electrons. The molecule has 1 fully saturated rings. The lowest BCUT2D eigenvalue weighted by molar-refractivity contribution is 0.132. The van der Waals surface area contributed by atoms with Gasteiger partial charge in [-0.15, -0.1) is 0 Å². The Bertz CT molecular complexity index is 329. The van der Waals surface area contributed by atoms with Gasteiger partial charge >= 0.3 is 0 Å². The number of piperidine rings is 1. The van der Waals surface area contributed by atoms with Gasteiger partial charge in [0.2, 0.25) is 0 Å². The van der Waals surface area contributed by atoms with E-state index >= 15 is 0 Å². The topological polar surface area (TPSA) is 42.1 Å². The second-order valence-corrected chi connectivity index (χ2v) is 5.19. The highest BCUT2D eigenvalue weighted by atomic mass is 15.2. The highest BCUT2D eigenvalue weighted by Crippen LogP contribution is 2.27. The average molecular weight is 233 g/mol. The van der Waals surface area contributed by atoms with Crippen molar-refractivity contribution in [2.24, 2.45) is 11.7 Å². The minimum atomic E-state index is 0.341. The summed E-state index contributed by atoms with van der Waals surface area (Å²) in [5.41, 5.74) is 7.33. The molecule has 0 aliphatic carbocycles. The summed E-state index contributed by atoms with van der Waals surface area (Å²) >= 11 is 0. The van der Waals surface area contributed by atoms with Crippen molar-refractivity contribution in [3.63, 3.8) is 0 Å². The Morgan fingerprint density at radius 2 is 1.82 bits per heavy atom. The Kier molecular flexibility index (Phi) is 4.13. The van der Waals surface area contributed by atoms with Gasteiger partial charge in [-0.3, -0.25) is 9.88 Å². The molecule has 0 spiro atoms. The van der Waals surface area contributed by atoms with Crippen LogP contribution in [0.1, 0.15) is 38.3 Å². The predicted molar refractivity (Wildman–Crippen MR) is 70.6 cm³/mol. The van der Waals surface area contributed by atoms with E-state index in [-0.39, 0.29) is 0 Å². The molecule has 2 unspecified atom stereocenters. The van der Waals surface area contributed by atoms with Crippen molar-refractivity contribution >= 4 is 0 Å². The van der Waals surface area contributed by atoms with Gasteiger partial charge in [0.15, 0.2) is 0 Å². The molecule has 3 nitrogen and oxygen atoms in total. The zero-order chi connectivity index (χ0) is 12.3. The molecule has 0 aromatic carbocycles. The van der Waals surface area contributed by atoms with Gasteiger partial charge in [-0.2, -0.15) is 0 Å². The largest absolute Gasteiger partial charge is 0.328 e. The van der Waals surface area contributed by atoms with Crippen molar-refractivity contribution in [2.75, 3.05) is 13.1 Å². The number of hydrogen-bond donors (Lipinski definition) is 1. The van der Waals surface area contributed by atoms with Gasteiger partial charge in [-0.05, 0) is 63.4 Å². The first kappa shape index (κ1) is 12.5. The molecule has 2 rings (SSSR count). The quantitative estimate of drug-likeness (QED) is 0.870. The van der Waals surface area contributed by atoms with Crippen LogP contribution < -0.4 is 5.73 Å². The van der Waals surface area contributed by atoms with Crippen molar-refractivity contribution < 1.29 is 0 Å². The second kappa shape index (κ2) is 5.61. The number of nitrogens with two attached hydrogens (primary N) is 1. The fourth-order valence-corrected chi connectivity index (χ4v) is 2.69. The zero-order valence-electron chi connectivity index (χ0n) is 10.8. The summed E-state index contributed by atoms with van der Waals surface area (Å²) in [6.45, 7) is 6.74. The number of nitrogens with zero attached hydrogens (tertiary/aromatic N) is 2. The SMILES string of the molecule is CC(N)C1CCN(C(C)c2ccncc2)CC1. The van der Waals surface area contributed by atoms with Crippen LogP contribution in [0.2, 0.25) is 0 Å². The van der Waals surface area contributed by atoms with Gasteiger partial charge in [0.1, 0.15) is 0 Å². The molecule has 2 N–H and O–H groups in total. The van der Waals surface area contributed by atoms with E-state index in [1.807, 2.05) is 12.4 Å². The van der Waals surface area contributed by atoms with E-state index in [9.17, 15) is 0 Å². The molecule has 0 saturated carbocycles. The normalized spacial score (nSPS) is 22.3. The molecule has 2 heterocycles. The minimum Gasteiger partial charge on any atom is -0.328 e. The third-order valence-corrected chi connectivity index (χ3v) is 4.05. The lowest BCUT2D eigenvalue weighted by Crippen LogP contribution is -2.40. The van der Waals surface area contributed by atoms with E-state index in [0.29, 0.717) is 18.0 Å². The predicted octanol–water partition coefficient (Wildman–Crippen LogP) is 2.20. The van der Waals surface area contributed by atoms with Gasteiger partial charge in [0.05, 0.1) is 0 Å². The lowest BCUT2D eigenvalue weighted by atomic mass is 9.90. The van der Waals surface area contributed by atoms with Crippen LogP contribution in [0.25, 0.3) is 0 Å². The number of aromatic nitrogens is 1. The molecule has 1 aromatic rings. The molecule has 3 heteroatoms. The molecular formula is C14H23N3. The first-order valence-corrected chi connectivity index (χ1v) is 6.58. The summed E-state index contributed by atoms with van der Waals surface area (Å²) in [7, 11) is 0. The average Bonchev–Trinajstić information content (AvgIpc) is 2.39. The number of rotatable bonds is 3. The van der Waals surface area contributed by atoms with Gasteiger partial charge in [0.25, 0.3) is 0 Å². The molecule has 1 saturated heterocycles. The Labute approximate surface area is 104 Å². The number of likely N-dealkylation sites (tertiary alicyclic amines) is 1. The zero-order valence-corrected chi connectivity index (χ0v) is 10.8. The van der Waals surface area contributed by atoms with Crippen LogP contribution >= 0.6 is 0 Å². The molecule has 1 aliphatic heterocycles. The monoisotopic (exact) mass is 233 g/mol. The Hall–Kier alpha value is -0.930. The van der Waals surface area contributed by atoms with E-state index < -0.39 is 0 Å². The van der Waals surface area contributed by atoms with Crippen molar-refractivity contribution in [1.82, 2.24) is 9.88 Å². The Morgan fingerprint density at radius 1 is 1.24 bits per heavy atom. The summed E-state index contributed by atoms with van der Waals surface area (Å²) in [4.78, 5) is 6.62. The summed E-state index contributed by atoms with van der Waals surface area (Å²) < 4.78 is 0. The molecule has 2 atom stereocenters. The second-order valence-electron chi connectivity index (χ2n) is 5.19. The van der Waals surface area contributed by atoms with Gasteiger partial charge in [0, 0.05) is 24.5 Å². The van der Waals surface area contributed by atoms with Crippen molar-refractivity contribution in [1.29, 1.82) is 0 Å². The molecule has 17 heavy (non-hydrogen) atoms. The third kappa shape index (κ3) is 3.05. The van der Waals surface area contributed by atoms with Crippen LogP contribution in [-0.2, 0) is 0 Å². The molecule has 94 valence electrons. The molecular weight excluding hydrogens is 210 g/mol. The Morgan fingerprint density at radius 3 is 2.35 bits per heavy atom. The Balaban J connectivity index is 1.93. The van der Waals surface area contributed by atoms with Crippen LogP contribution in [0, 0.1) is 5.92 Å². The standard InChI is InChI=1S/C14H23N3/c1-11(15)13-5-9-17(10-6-13)12(2)14-3-7-16-8-4-14/h3-4,7-8,11-13H,5-6,9-10,15H2,1-2H3. The first-order chi connectivity index (χ1) is 8.18. The number of hydrogen-bond acceptors (Lipinski definition) is 3. The molecule has 0 amide bonds. The summed E-state index contributed by atoms with van der Waals surface area (Å²) in [6, 6.07) is 5.06. The van der Waals surface area contributed by atoms with Crippen LogP contribution in [0.3, 0.4) is 0 Å². The van der Waals surface area contributed by atoms with Crippen LogP contribution in [0.4, 0.5) is 0 Å². The molecule has 1 aromatic heterocycles. The van der Waals surface area contributed by atoms with Crippen LogP contribution in [-0.4, -0.2) is 29.0 Å².